The Morgan fingerprint density at radius 1 is 1.62 bits per heavy atom. The minimum Gasteiger partial charge on any atom is -0.497 e. The molecule has 1 saturated heterocycles. The van der Waals surface area contributed by atoms with Gasteiger partial charge in [-0.3, -0.25) is 9.88 Å². The highest BCUT2D eigenvalue weighted by Gasteiger charge is 2.20. The third kappa shape index (κ3) is 2.89. The average Bonchev–Trinajstić information content (AvgIpc) is 2.83. The van der Waals surface area contributed by atoms with Gasteiger partial charge in [-0.1, -0.05) is 0 Å². The molecule has 2 rings (SSSR count). The van der Waals surface area contributed by atoms with E-state index in [1.54, 1.807) is 7.11 Å². The topological polar surface area (TPSA) is 25.4 Å². The van der Waals surface area contributed by atoms with Crippen LogP contribution in [-0.4, -0.2) is 41.6 Å². The van der Waals surface area contributed by atoms with Gasteiger partial charge in [0, 0.05) is 30.6 Å². The second kappa shape index (κ2) is 5.55. The summed E-state index contributed by atoms with van der Waals surface area (Å²) in [5.41, 5.74) is 1.08. The number of ether oxygens (including phenoxy) is 1. The van der Waals surface area contributed by atoms with Crippen LogP contribution in [0.1, 0.15) is 12.1 Å². The molecule has 0 saturated carbocycles. The van der Waals surface area contributed by atoms with E-state index in [2.05, 4.69) is 16.9 Å². The summed E-state index contributed by atoms with van der Waals surface area (Å²) in [7, 11) is 3.87. The maximum atomic E-state index is 5.20. The van der Waals surface area contributed by atoms with Gasteiger partial charge in [0.25, 0.3) is 0 Å². The molecule has 1 atom stereocenters. The number of nitrogens with zero attached hydrogens (tertiary/aromatic N) is 2. The lowest BCUT2D eigenvalue weighted by atomic mass is 10.2. The third-order valence-electron chi connectivity index (χ3n) is 2.96. The fraction of sp³-hybridized carbons (Fsp3) is 0.583. The number of aromatic nitrogens is 1. The molecule has 0 bridgehead atoms. The molecule has 1 aromatic heterocycles. The first-order valence-corrected chi connectivity index (χ1v) is 6.72. The van der Waals surface area contributed by atoms with E-state index in [0.29, 0.717) is 6.04 Å². The number of pyridine rings is 1. The summed E-state index contributed by atoms with van der Waals surface area (Å²) in [5.74, 6) is 3.43. The third-order valence-corrected chi connectivity index (χ3v) is 4.11. The van der Waals surface area contributed by atoms with Crippen molar-refractivity contribution in [2.45, 2.75) is 19.0 Å². The predicted octanol–water partition coefficient (Wildman–Crippen LogP) is 2.03. The van der Waals surface area contributed by atoms with Gasteiger partial charge < -0.3 is 4.74 Å². The summed E-state index contributed by atoms with van der Waals surface area (Å²) >= 11 is 2.04. The first kappa shape index (κ1) is 11.7. The first-order chi connectivity index (χ1) is 7.79. The largest absolute Gasteiger partial charge is 0.497 e. The van der Waals surface area contributed by atoms with Crippen LogP contribution in [0.3, 0.4) is 0 Å². The Bertz CT molecular complexity index is 340. The van der Waals surface area contributed by atoms with Gasteiger partial charge in [0.05, 0.1) is 12.8 Å². The van der Waals surface area contributed by atoms with Crippen LogP contribution in [0.15, 0.2) is 18.3 Å². The van der Waals surface area contributed by atoms with E-state index in [9.17, 15) is 0 Å². The van der Waals surface area contributed by atoms with Gasteiger partial charge in [0.15, 0.2) is 0 Å². The second-order valence-electron chi connectivity index (χ2n) is 4.12. The van der Waals surface area contributed by atoms with Gasteiger partial charge in [0.1, 0.15) is 5.75 Å². The first-order valence-electron chi connectivity index (χ1n) is 5.56. The molecular weight excluding hydrogens is 220 g/mol. The van der Waals surface area contributed by atoms with Crippen molar-refractivity contribution in [2.24, 2.45) is 0 Å². The van der Waals surface area contributed by atoms with E-state index in [-0.39, 0.29) is 0 Å². The van der Waals surface area contributed by atoms with Crippen molar-refractivity contribution in [1.29, 1.82) is 0 Å². The van der Waals surface area contributed by atoms with Crippen molar-refractivity contribution in [1.82, 2.24) is 9.88 Å². The monoisotopic (exact) mass is 238 g/mol. The summed E-state index contributed by atoms with van der Waals surface area (Å²) in [6, 6.07) is 4.60. The zero-order valence-electron chi connectivity index (χ0n) is 9.85. The van der Waals surface area contributed by atoms with Crippen LogP contribution in [0.25, 0.3) is 0 Å². The molecule has 1 aliphatic heterocycles. The van der Waals surface area contributed by atoms with Crippen LogP contribution in [-0.2, 0) is 6.54 Å². The molecule has 16 heavy (non-hydrogen) atoms. The molecule has 88 valence electrons. The van der Waals surface area contributed by atoms with E-state index in [1.807, 2.05) is 30.1 Å². The Balaban J connectivity index is 1.96. The van der Waals surface area contributed by atoms with Crippen LogP contribution >= 0.6 is 11.8 Å². The van der Waals surface area contributed by atoms with E-state index < -0.39 is 0 Å². The van der Waals surface area contributed by atoms with Crippen LogP contribution in [0.2, 0.25) is 0 Å². The molecular formula is C12H18N2OS. The fourth-order valence-electron chi connectivity index (χ4n) is 1.92. The molecule has 1 fully saturated rings. The quantitative estimate of drug-likeness (QED) is 0.801. The Morgan fingerprint density at radius 3 is 3.19 bits per heavy atom. The lowest BCUT2D eigenvalue weighted by molar-refractivity contribution is 0.251. The minimum atomic E-state index is 0.706. The summed E-state index contributed by atoms with van der Waals surface area (Å²) in [5, 5.41) is 0. The lowest BCUT2D eigenvalue weighted by Crippen LogP contribution is -2.31. The summed E-state index contributed by atoms with van der Waals surface area (Å²) in [4.78, 5) is 6.76. The number of hydrogen-bond donors (Lipinski definition) is 0. The van der Waals surface area contributed by atoms with Gasteiger partial charge in [-0.15, -0.1) is 0 Å². The Morgan fingerprint density at radius 2 is 2.50 bits per heavy atom. The molecule has 0 spiro atoms. The van der Waals surface area contributed by atoms with Gasteiger partial charge >= 0.3 is 0 Å². The summed E-state index contributed by atoms with van der Waals surface area (Å²) < 4.78 is 5.20. The maximum Gasteiger partial charge on any atom is 0.122 e. The van der Waals surface area contributed by atoms with Crippen molar-refractivity contribution in [3.05, 3.63) is 24.0 Å². The van der Waals surface area contributed by atoms with Crippen molar-refractivity contribution in [2.75, 3.05) is 25.7 Å². The SMILES string of the molecule is COc1ccnc(CN(C)[C@H]2CCSC2)c1. The number of methoxy groups -OCH3 is 1. The molecule has 3 nitrogen and oxygen atoms in total. The molecule has 0 aliphatic carbocycles. The molecule has 2 heterocycles. The van der Waals surface area contributed by atoms with Crippen molar-refractivity contribution < 1.29 is 4.74 Å². The van der Waals surface area contributed by atoms with Crippen LogP contribution in [0.4, 0.5) is 0 Å². The van der Waals surface area contributed by atoms with E-state index in [1.165, 1.54) is 17.9 Å². The lowest BCUT2D eigenvalue weighted by Gasteiger charge is -2.22. The Hall–Kier alpha value is -0.740. The molecule has 0 N–H and O–H groups in total. The van der Waals surface area contributed by atoms with Crippen LogP contribution < -0.4 is 4.74 Å². The normalized spacial score (nSPS) is 20.3. The van der Waals surface area contributed by atoms with Gasteiger partial charge in [-0.2, -0.15) is 11.8 Å². The van der Waals surface area contributed by atoms with Crippen molar-refractivity contribution in [3.8, 4) is 5.75 Å². The smallest absolute Gasteiger partial charge is 0.122 e. The van der Waals surface area contributed by atoms with Crippen molar-refractivity contribution >= 4 is 11.8 Å². The maximum absolute atomic E-state index is 5.20. The van der Waals surface area contributed by atoms with E-state index >= 15 is 0 Å². The molecule has 0 aromatic carbocycles. The summed E-state index contributed by atoms with van der Waals surface area (Å²) in [6.07, 6.45) is 3.11. The number of thioether (sulfide) groups is 1. The van der Waals surface area contributed by atoms with Crippen LogP contribution in [0.5, 0.6) is 5.75 Å². The highest BCUT2D eigenvalue weighted by atomic mass is 32.2. The molecule has 1 aromatic rings. The Kier molecular flexibility index (Phi) is 4.07. The van der Waals surface area contributed by atoms with Gasteiger partial charge in [0.2, 0.25) is 0 Å². The Labute approximate surface area is 101 Å². The predicted molar refractivity (Wildman–Crippen MR) is 68.0 cm³/mol. The average molecular weight is 238 g/mol. The van der Waals surface area contributed by atoms with E-state index in [0.717, 1.165) is 18.0 Å². The highest BCUT2D eigenvalue weighted by Crippen LogP contribution is 2.22. The second-order valence-corrected chi connectivity index (χ2v) is 5.27. The fourth-order valence-corrected chi connectivity index (χ4v) is 3.22. The highest BCUT2D eigenvalue weighted by molar-refractivity contribution is 7.99. The standard InChI is InChI=1S/C12H18N2OS/c1-14(11-4-6-16-9-11)8-10-7-12(15-2)3-5-13-10/h3,5,7,11H,4,6,8-9H2,1-2H3/t11-/m0/s1. The molecule has 4 heteroatoms. The zero-order valence-corrected chi connectivity index (χ0v) is 10.7. The number of rotatable bonds is 4. The molecule has 1 aliphatic rings. The van der Waals surface area contributed by atoms with Gasteiger partial charge in [-0.05, 0) is 25.3 Å². The van der Waals surface area contributed by atoms with Crippen LogP contribution in [0, 0.1) is 0 Å². The van der Waals surface area contributed by atoms with E-state index in [4.69, 9.17) is 4.74 Å². The van der Waals surface area contributed by atoms with Crippen molar-refractivity contribution in [3.63, 3.8) is 0 Å². The zero-order chi connectivity index (χ0) is 11.4. The molecule has 0 amide bonds. The molecule has 0 radical (unpaired) electrons. The van der Waals surface area contributed by atoms with Gasteiger partial charge in [-0.25, -0.2) is 0 Å². The summed E-state index contributed by atoms with van der Waals surface area (Å²) in [6.45, 7) is 0.905. The minimum absolute atomic E-state index is 0.706. The number of hydrogen-bond acceptors (Lipinski definition) is 4. The molecule has 0 unspecified atom stereocenters.